The molecule has 0 aliphatic rings. The van der Waals surface area contributed by atoms with Crippen molar-refractivity contribution < 1.29 is 23.8 Å². The van der Waals surface area contributed by atoms with E-state index in [-0.39, 0.29) is 6.07 Å². The fourth-order valence-electron chi connectivity index (χ4n) is 0.638. The van der Waals surface area contributed by atoms with Crippen molar-refractivity contribution in [1.82, 2.24) is 0 Å². The SMILES string of the molecule is C[C@H](OC(=O)OC(C)(C)C)C(=O)OCCl. The number of esters is 1. The molecule has 0 spiro atoms. The minimum Gasteiger partial charge on any atom is -0.447 e. The third kappa shape index (κ3) is 7.02. The molecule has 0 unspecified atom stereocenters. The monoisotopic (exact) mass is 238 g/mol. The Labute approximate surface area is 93.6 Å². The summed E-state index contributed by atoms with van der Waals surface area (Å²) in [4.78, 5) is 22.1. The first-order chi connectivity index (χ1) is 6.76. The molecule has 0 aliphatic carbocycles. The molecule has 0 rings (SSSR count). The molecule has 5 nitrogen and oxygen atoms in total. The number of rotatable bonds is 3. The lowest BCUT2D eigenvalue weighted by Crippen LogP contribution is -2.30. The van der Waals surface area contributed by atoms with Gasteiger partial charge in [-0.05, 0) is 27.7 Å². The van der Waals surface area contributed by atoms with Gasteiger partial charge < -0.3 is 14.2 Å². The molecule has 0 N–H and O–H groups in total. The van der Waals surface area contributed by atoms with Crippen LogP contribution in [-0.2, 0) is 19.0 Å². The second-order valence-corrected chi connectivity index (χ2v) is 4.02. The summed E-state index contributed by atoms with van der Waals surface area (Å²) >= 11 is 5.17. The van der Waals surface area contributed by atoms with Crippen LogP contribution >= 0.6 is 11.6 Å². The van der Waals surface area contributed by atoms with Crippen LogP contribution in [0.25, 0.3) is 0 Å². The molecule has 0 heterocycles. The molecule has 0 aromatic carbocycles. The first-order valence-corrected chi connectivity index (χ1v) is 4.92. The Morgan fingerprint density at radius 2 is 1.87 bits per heavy atom. The summed E-state index contributed by atoms with van der Waals surface area (Å²) in [5.74, 6) is -0.712. The normalized spacial score (nSPS) is 12.9. The molecular formula is C9H15ClO5. The number of hydrogen-bond acceptors (Lipinski definition) is 5. The Morgan fingerprint density at radius 1 is 1.33 bits per heavy atom. The van der Waals surface area contributed by atoms with Crippen molar-refractivity contribution in [2.24, 2.45) is 0 Å². The third-order valence-electron chi connectivity index (χ3n) is 1.19. The van der Waals surface area contributed by atoms with Crippen LogP contribution in [0.15, 0.2) is 0 Å². The Morgan fingerprint density at radius 3 is 2.27 bits per heavy atom. The first-order valence-electron chi connectivity index (χ1n) is 4.38. The van der Waals surface area contributed by atoms with Gasteiger partial charge in [0.25, 0.3) is 0 Å². The molecule has 0 fully saturated rings. The maximum Gasteiger partial charge on any atom is 0.509 e. The van der Waals surface area contributed by atoms with E-state index in [1.54, 1.807) is 20.8 Å². The average Bonchev–Trinajstić information content (AvgIpc) is 2.00. The van der Waals surface area contributed by atoms with Gasteiger partial charge in [0.15, 0.2) is 12.2 Å². The molecule has 0 bridgehead atoms. The highest BCUT2D eigenvalue weighted by atomic mass is 35.5. The van der Waals surface area contributed by atoms with Crippen molar-refractivity contribution in [2.45, 2.75) is 39.4 Å². The fraction of sp³-hybridized carbons (Fsp3) is 0.778. The zero-order chi connectivity index (χ0) is 12.1. The molecule has 0 saturated heterocycles. The smallest absolute Gasteiger partial charge is 0.447 e. The van der Waals surface area contributed by atoms with E-state index in [1.807, 2.05) is 0 Å². The Kier molecular flexibility index (Phi) is 5.43. The quantitative estimate of drug-likeness (QED) is 0.556. The fourth-order valence-corrected chi connectivity index (χ4v) is 0.745. The predicted molar refractivity (Wildman–Crippen MR) is 53.6 cm³/mol. The third-order valence-corrected chi connectivity index (χ3v) is 1.30. The largest absolute Gasteiger partial charge is 0.509 e. The van der Waals surface area contributed by atoms with Crippen molar-refractivity contribution in [3.63, 3.8) is 0 Å². The van der Waals surface area contributed by atoms with Gasteiger partial charge >= 0.3 is 12.1 Å². The van der Waals surface area contributed by atoms with Crippen LogP contribution in [0.4, 0.5) is 4.79 Å². The molecule has 0 aliphatic heterocycles. The second-order valence-electron chi connectivity index (χ2n) is 3.80. The van der Waals surface area contributed by atoms with Gasteiger partial charge in [0, 0.05) is 0 Å². The van der Waals surface area contributed by atoms with E-state index >= 15 is 0 Å². The summed E-state index contributed by atoms with van der Waals surface area (Å²) in [6, 6.07) is -0.277. The molecule has 0 saturated carbocycles. The molecule has 15 heavy (non-hydrogen) atoms. The van der Waals surface area contributed by atoms with E-state index in [1.165, 1.54) is 6.92 Å². The van der Waals surface area contributed by atoms with Gasteiger partial charge in [0.1, 0.15) is 5.60 Å². The average molecular weight is 239 g/mol. The van der Waals surface area contributed by atoms with E-state index in [9.17, 15) is 9.59 Å². The maximum atomic E-state index is 11.1. The lowest BCUT2D eigenvalue weighted by Gasteiger charge is -2.20. The van der Waals surface area contributed by atoms with E-state index in [0.29, 0.717) is 0 Å². The van der Waals surface area contributed by atoms with Gasteiger partial charge in [-0.2, -0.15) is 0 Å². The van der Waals surface area contributed by atoms with E-state index in [0.717, 1.165) is 0 Å². The molecular weight excluding hydrogens is 224 g/mol. The van der Waals surface area contributed by atoms with Gasteiger partial charge in [0.2, 0.25) is 0 Å². The van der Waals surface area contributed by atoms with Crippen LogP contribution in [0.3, 0.4) is 0 Å². The van der Waals surface area contributed by atoms with Crippen LogP contribution in [0, 0.1) is 0 Å². The van der Waals surface area contributed by atoms with Crippen LogP contribution < -0.4 is 0 Å². The van der Waals surface area contributed by atoms with E-state index < -0.39 is 23.8 Å². The highest BCUT2D eigenvalue weighted by Crippen LogP contribution is 2.09. The van der Waals surface area contributed by atoms with Crippen LogP contribution in [0.2, 0.25) is 0 Å². The lowest BCUT2D eigenvalue weighted by atomic mass is 10.2. The minimum atomic E-state index is -1.03. The van der Waals surface area contributed by atoms with Crippen LogP contribution in [-0.4, -0.2) is 29.9 Å². The van der Waals surface area contributed by atoms with E-state index in [2.05, 4.69) is 9.47 Å². The molecule has 0 aromatic heterocycles. The van der Waals surface area contributed by atoms with Crippen LogP contribution in [0.1, 0.15) is 27.7 Å². The zero-order valence-corrected chi connectivity index (χ0v) is 9.96. The Balaban J connectivity index is 4.02. The summed E-state index contributed by atoms with van der Waals surface area (Å²) < 4.78 is 13.9. The highest BCUT2D eigenvalue weighted by Gasteiger charge is 2.23. The molecule has 1 atom stereocenters. The molecule has 0 aromatic rings. The van der Waals surface area contributed by atoms with Crippen molar-refractivity contribution in [1.29, 1.82) is 0 Å². The summed E-state index contributed by atoms with van der Waals surface area (Å²) in [6.45, 7) is 6.45. The van der Waals surface area contributed by atoms with Gasteiger partial charge in [-0.25, -0.2) is 9.59 Å². The van der Waals surface area contributed by atoms with Gasteiger partial charge in [-0.1, -0.05) is 11.6 Å². The highest BCUT2D eigenvalue weighted by molar-refractivity contribution is 6.17. The molecule has 0 amide bonds. The summed E-state index contributed by atoms with van der Waals surface area (Å²) in [6.07, 6.45) is -1.94. The number of alkyl halides is 1. The number of halogens is 1. The summed E-state index contributed by atoms with van der Waals surface area (Å²) in [5, 5.41) is 0. The molecule has 0 radical (unpaired) electrons. The number of hydrogen-bond donors (Lipinski definition) is 0. The van der Waals surface area contributed by atoms with Crippen molar-refractivity contribution in [3.05, 3.63) is 0 Å². The minimum absolute atomic E-state index is 0.277. The molecule has 88 valence electrons. The standard InChI is InChI=1S/C9H15ClO5/c1-6(7(11)13-5-10)14-8(12)15-9(2,3)4/h6H,5H2,1-4H3/t6-/m0/s1. The van der Waals surface area contributed by atoms with Gasteiger partial charge in [0.05, 0.1) is 0 Å². The van der Waals surface area contributed by atoms with Gasteiger partial charge in [-0.3, -0.25) is 0 Å². The Hall–Kier alpha value is -0.970. The maximum absolute atomic E-state index is 11.1. The van der Waals surface area contributed by atoms with E-state index in [4.69, 9.17) is 16.3 Å². The number of ether oxygens (including phenoxy) is 3. The lowest BCUT2D eigenvalue weighted by molar-refractivity contribution is -0.152. The zero-order valence-electron chi connectivity index (χ0n) is 9.20. The molecule has 6 heteroatoms. The van der Waals surface area contributed by atoms with Crippen molar-refractivity contribution >= 4 is 23.7 Å². The first kappa shape index (κ1) is 14.0. The summed E-state index contributed by atoms with van der Waals surface area (Å²) in [7, 11) is 0. The number of carbonyl (C=O) groups excluding carboxylic acids is 2. The second kappa shape index (κ2) is 5.80. The number of carbonyl (C=O) groups is 2. The van der Waals surface area contributed by atoms with Gasteiger partial charge in [-0.15, -0.1) is 0 Å². The summed E-state index contributed by atoms with van der Waals surface area (Å²) in [5.41, 5.74) is -0.660. The predicted octanol–water partition coefficient (Wildman–Crippen LogP) is 2.07. The Bertz CT molecular complexity index is 233. The van der Waals surface area contributed by atoms with Crippen LogP contribution in [0.5, 0.6) is 0 Å². The topological polar surface area (TPSA) is 61.8 Å². The van der Waals surface area contributed by atoms with Crippen molar-refractivity contribution in [3.8, 4) is 0 Å². The van der Waals surface area contributed by atoms with Crippen molar-refractivity contribution in [2.75, 3.05) is 6.07 Å².